The molecule has 0 aliphatic carbocycles. The number of benzene rings is 5. The number of quaternary nitrogens is 2. The first-order valence-electron chi connectivity index (χ1n) is 44.9. The molecule has 5 aromatic carbocycles. The molecule has 0 radical (unpaired) electrons. The molecule has 8 saturated heterocycles. The Labute approximate surface area is 769 Å². The predicted molar refractivity (Wildman–Crippen MR) is 481 cm³/mol. The first-order valence-corrected chi connectivity index (χ1v) is 44.9. The summed E-state index contributed by atoms with van der Waals surface area (Å²) in [6.07, 6.45) is 0.858. The Morgan fingerprint density at radius 1 is 0.396 bits per heavy atom. The second-order valence-electron chi connectivity index (χ2n) is 34.4. The van der Waals surface area contributed by atoms with E-state index in [9.17, 15) is 47.9 Å². The maximum Gasteiger partial charge on any atom is 0.415 e. The zero-order valence-corrected chi connectivity index (χ0v) is 74.9. The Kier molecular flexibility index (Phi) is 28.5. The maximum absolute atomic E-state index is 15.3. The van der Waals surface area contributed by atoms with E-state index in [0.29, 0.717) is 148 Å². The van der Waals surface area contributed by atoms with Gasteiger partial charge in [0.25, 0.3) is 0 Å². The summed E-state index contributed by atoms with van der Waals surface area (Å²) in [4.78, 5) is 140. The maximum atomic E-state index is 15.3. The summed E-state index contributed by atoms with van der Waals surface area (Å²) in [5, 5.41) is 13.4. The summed E-state index contributed by atoms with van der Waals surface area (Å²) in [5.41, 5.74) is 37.6. The number of morpholine rings is 3. The van der Waals surface area contributed by atoms with E-state index in [4.69, 9.17) is 59.8 Å². The van der Waals surface area contributed by atoms with Crippen molar-refractivity contribution in [3.8, 4) is 28.0 Å². The standard InChI is InChI=1S/C19H19FN4O4.C19H19FN4O3.C18H23FN4O4.2C18H24N4O4/c1-10(25)22-8-16-15-9-27-18-14(24(15)19(26)28-16)5-4-13(17(18)20)11-2-3-12(6-21)23-7-11;1-10(25)22-9-17-16-6-14-15(24(16)19(26)27-17)5-4-13(18(14)20)11-2-3-12(7-21)23-8-11;1-10(24)21-8-16-15-6-12-13(23(15)18(25)27-16)2-3-14(17(12)19)22-4-5-26-11(7-20)9-22;2*1-11(23)20-9-17-16-7-12-6-13(21-4-5-25-14(8-19)10-21)2-3-15(12)22(16)18(24)26-17/h2-5,7,15-16H,6,8-9,21H2,1H3,(H,22,25);2-5,8,16-17H,6-7,9,21H2,1H3,(H,22,25);2-3,11,15-16H,4-9,20H2,1H3,(H,21,24);2*2-3,6,14,16-17H,4-5,7-10,19H2,1H3,(H,20,23)/p+2/t15?,16-;16?,17-;11-,15-,16-;14-,16+,17+;14-,16-,17-/m00010/s1. The van der Waals surface area contributed by atoms with E-state index in [2.05, 4.69) is 70.0 Å². The summed E-state index contributed by atoms with van der Waals surface area (Å²) in [7, 11) is 0. The van der Waals surface area contributed by atoms with E-state index in [1.54, 1.807) is 70.7 Å². The summed E-state index contributed by atoms with van der Waals surface area (Å²) < 4.78 is 95.1. The number of ether oxygens (including phenoxy) is 9. The van der Waals surface area contributed by atoms with Gasteiger partial charge in [-0.1, -0.05) is 12.1 Å². The molecule has 39 nitrogen and oxygen atoms in total. The second kappa shape index (κ2) is 40.7. The number of nitrogens with one attached hydrogen (secondary N) is 5. The summed E-state index contributed by atoms with van der Waals surface area (Å²) in [6.45, 7) is 17.1. The molecule has 134 heavy (non-hydrogen) atoms. The third-order valence-electron chi connectivity index (χ3n) is 25.9. The lowest BCUT2D eigenvalue weighted by molar-refractivity contribution is -0.387. The molecule has 2 unspecified atom stereocenters. The number of hydrogen-bond acceptors (Lipinski definition) is 27. The van der Waals surface area contributed by atoms with Crippen molar-refractivity contribution >= 4 is 106 Å². The molecule has 0 bridgehead atoms. The van der Waals surface area contributed by atoms with Gasteiger partial charge in [0, 0.05) is 164 Å². The molecule has 13 aliphatic rings. The Morgan fingerprint density at radius 3 is 1.10 bits per heavy atom. The van der Waals surface area contributed by atoms with Crippen LogP contribution in [-0.4, -0.2) is 267 Å². The van der Waals surface area contributed by atoms with Crippen molar-refractivity contribution in [1.29, 1.82) is 0 Å². The molecule has 13 atom stereocenters. The van der Waals surface area contributed by atoms with Gasteiger partial charge in [0.05, 0.1) is 141 Å². The fourth-order valence-corrected chi connectivity index (χ4v) is 19.1. The quantitative estimate of drug-likeness (QED) is 0.0490. The molecule has 7 aromatic rings. The van der Waals surface area contributed by atoms with Gasteiger partial charge in [-0.3, -0.25) is 58.4 Å². The molecule has 0 saturated carbocycles. The topological polar surface area (TPSA) is 499 Å². The van der Waals surface area contributed by atoms with Crippen LogP contribution in [0.25, 0.3) is 22.3 Å². The Bertz CT molecular complexity index is 5520. The first kappa shape index (κ1) is 94.0. The van der Waals surface area contributed by atoms with Crippen molar-refractivity contribution in [1.82, 2.24) is 36.6 Å². The van der Waals surface area contributed by atoms with Gasteiger partial charge in [-0.25, -0.2) is 37.1 Å². The largest absolute Gasteiger partial charge is 0.486 e. The highest BCUT2D eigenvalue weighted by Gasteiger charge is 2.54. The van der Waals surface area contributed by atoms with E-state index in [1.165, 1.54) is 49.3 Å². The number of nitrogens with two attached hydrogens (primary N) is 3. The average molecular weight is 1860 g/mol. The molecular weight excluding hydrogens is 1750 g/mol. The number of carbonyl (C=O) groups excluding carboxylic acids is 10. The molecule has 8 fully saturated rings. The molecule has 15 heterocycles. The zero-order chi connectivity index (χ0) is 94.6. The summed E-state index contributed by atoms with van der Waals surface area (Å²) >= 11 is 0. The number of hydrogen-bond donors (Lipinski definition) is 10. The summed E-state index contributed by atoms with van der Waals surface area (Å²) in [5.74, 6) is -2.09. The lowest BCUT2D eigenvalue weighted by atomic mass is 9.99. The number of nitrogens with zero attached hydrogens (tertiary/aromatic N) is 10. The predicted octanol–water partition coefficient (Wildman–Crippen LogP) is 2.72. The van der Waals surface area contributed by atoms with Crippen LogP contribution in [0.5, 0.6) is 5.75 Å². The number of aromatic nitrogens is 2. The molecular formula is C92H111F3N20O19+2. The normalized spacial score (nSPS) is 24.2. The molecule has 17 N–H and O–H groups in total. The Morgan fingerprint density at radius 2 is 0.724 bits per heavy atom. The number of carbonyl (C=O) groups is 10. The molecule has 20 rings (SSSR count). The summed E-state index contributed by atoms with van der Waals surface area (Å²) in [6, 6.07) is 28.4. The van der Waals surface area contributed by atoms with Crippen molar-refractivity contribution in [3.05, 3.63) is 161 Å². The number of amides is 10. The zero-order valence-electron chi connectivity index (χ0n) is 74.9. The van der Waals surface area contributed by atoms with E-state index in [1.807, 2.05) is 41.3 Å². The van der Waals surface area contributed by atoms with Gasteiger partial charge in [-0.2, -0.15) is 0 Å². The lowest BCUT2D eigenvalue weighted by Gasteiger charge is -2.34. The van der Waals surface area contributed by atoms with Crippen molar-refractivity contribution in [2.75, 3.05) is 157 Å². The SMILES string of the molecule is CC(=O)NC[C@@H]1OC(=O)N2c3ccc(-c4ccc(C[NH3+])nc4)c(F)c3CC12.CC(=O)NC[C@@H]1OC(=O)N2c3ccc(-c4ccc(C[NH3+])nc4)c(F)c3OCC12.CC(=O)NC[C@@H]1OC(=O)N2c3ccc(N4CCO[C@@H](CN)C4)c(F)c3C[C@@H]12.CC(=O)NC[C@@H]1OC(=O)N2c3ccc(N4CCO[C@@H](CN)C4)cc3C[C@@H]12.CC(=O)NC[C@@H]1OC(=O)N2c3ccc(N4CCO[C@H](CN)C4)cc3C[C@@H]12. The Hall–Kier alpha value is -13.2. The highest BCUT2D eigenvalue weighted by atomic mass is 19.1. The van der Waals surface area contributed by atoms with E-state index in [-0.39, 0.29) is 140 Å². The minimum atomic E-state index is -0.585. The van der Waals surface area contributed by atoms with E-state index >= 15 is 13.2 Å². The van der Waals surface area contributed by atoms with Crippen LogP contribution in [0.1, 0.15) is 68.3 Å². The number of anilines is 8. The van der Waals surface area contributed by atoms with Crippen LogP contribution in [0.4, 0.5) is 82.6 Å². The number of pyridine rings is 2. The van der Waals surface area contributed by atoms with Gasteiger partial charge in [0.2, 0.25) is 29.5 Å². The first-order chi connectivity index (χ1) is 64.6. The van der Waals surface area contributed by atoms with Gasteiger partial charge in [0.15, 0.2) is 17.4 Å². The average Bonchev–Trinajstić information content (AvgIpc) is 1.58. The van der Waals surface area contributed by atoms with Crippen molar-refractivity contribution in [3.63, 3.8) is 0 Å². The van der Waals surface area contributed by atoms with Crippen LogP contribution in [0.15, 0.2) is 109 Å². The minimum Gasteiger partial charge on any atom is -0.486 e. The van der Waals surface area contributed by atoms with Crippen LogP contribution >= 0.6 is 0 Å². The van der Waals surface area contributed by atoms with Crippen LogP contribution in [0.2, 0.25) is 0 Å². The number of cyclic esters (lactones) is 5. The van der Waals surface area contributed by atoms with Crippen LogP contribution in [0, 0.1) is 17.5 Å². The minimum absolute atomic E-state index is 0.00659. The van der Waals surface area contributed by atoms with Crippen molar-refractivity contribution in [2.24, 2.45) is 17.2 Å². The van der Waals surface area contributed by atoms with Gasteiger partial charge in [-0.05, 0) is 109 Å². The molecule has 13 aliphatic heterocycles. The third-order valence-corrected chi connectivity index (χ3v) is 25.9. The lowest BCUT2D eigenvalue weighted by Crippen LogP contribution is -2.47. The van der Waals surface area contributed by atoms with Crippen LogP contribution in [0.3, 0.4) is 0 Å². The molecule has 712 valence electrons. The van der Waals surface area contributed by atoms with Crippen LogP contribution in [-0.2, 0) is 101 Å². The third kappa shape index (κ3) is 19.6. The molecule has 2 aromatic heterocycles. The molecule has 10 amide bonds. The molecule has 42 heteroatoms. The van der Waals surface area contributed by atoms with Gasteiger partial charge in [-0.15, -0.1) is 0 Å². The second-order valence-corrected chi connectivity index (χ2v) is 34.4. The smallest absolute Gasteiger partial charge is 0.415 e. The van der Waals surface area contributed by atoms with Gasteiger partial charge >= 0.3 is 30.5 Å². The Balaban J connectivity index is 0.000000122. The highest BCUT2D eigenvalue weighted by Crippen LogP contribution is 2.49. The van der Waals surface area contributed by atoms with Gasteiger partial charge in [0.1, 0.15) is 62.1 Å². The number of fused-ring (bicyclic) bond motifs is 15. The fraction of sp³-hybridized carbons (Fsp3) is 0.457. The van der Waals surface area contributed by atoms with Crippen molar-refractivity contribution < 1.29 is 115 Å². The number of rotatable bonds is 20. The van der Waals surface area contributed by atoms with Crippen LogP contribution < -0.4 is 99.2 Å². The van der Waals surface area contributed by atoms with E-state index in [0.717, 1.165) is 84.3 Å². The fourth-order valence-electron chi connectivity index (χ4n) is 19.1. The van der Waals surface area contributed by atoms with E-state index < -0.39 is 48.5 Å². The highest BCUT2D eigenvalue weighted by molar-refractivity contribution is 5.99. The molecule has 0 spiro atoms. The van der Waals surface area contributed by atoms with Gasteiger partial charge < -0.3 is 113 Å². The monoisotopic (exact) mass is 1860 g/mol. The van der Waals surface area contributed by atoms with Crippen molar-refractivity contribution in [2.45, 2.75) is 152 Å². The number of halogens is 3.